The lowest BCUT2D eigenvalue weighted by molar-refractivity contribution is 0.0600. The van der Waals surface area contributed by atoms with E-state index in [9.17, 15) is 4.79 Å². The lowest BCUT2D eigenvalue weighted by Gasteiger charge is -2.11. The van der Waals surface area contributed by atoms with Crippen molar-refractivity contribution < 1.29 is 14.3 Å². The molecule has 5 aromatic rings. The number of para-hydroxylation sites is 1. The zero-order valence-corrected chi connectivity index (χ0v) is 18.4. The van der Waals surface area contributed by atoms with Gasteiger partial charge in [-0.1, -0.05) is 48.5 Å². The van der Waals surface area contributed by atoms with Crippen molar-refractivity contribution in [2.75, 3.05) is 7.11 Å². The number of nitrogens with zero attached hydrogens (tertiary/aromatic N) is 2. The Balaban J connectivity index is 1.59. The van der Waals surface area contributed by atoms with Crippen molar-refractivity contribution >= 4 is 17.0 Å². The number of aryl methyl sites for hydroxylation is 1. The predicted octanol–water partition coefficient (Wildman–Crippen LogP) is 6.58. The molecule has 0 aliphatic rings. The summed E-state index contributed by atoms with van der Waals surface area (Å²) in [5.74, 6) is 1.84. The first-order valence-electron chi connectivity index (χ1n) is 10.6. The summed E-state index contributed by atoms with van der Waals surface area (Å²) in [7, 11) is 1.38. The molecular formula is C28H22N2O3. The summed E-state index contributed by atoms with van der Waals surface area (Å²) in [5.41, 5.74) is 5.20. The van der Waals surface area contributed by atoms with Gasteiger partial charge in [-0.2, -0.15) is 0 Å². The number of carbonyl (C=O) groups is 1. The molecule has 5 rings (SSSR count). The van der Waals surface area contributed by atoms with E-state index in [1.165, 1.54) is 7.11 Å². The highest BCUT2D eigenvalue weighted by atomic mass is 16.5. The van der Waals surface area contributed by atoms with Crippen LogP contribution in [0.25, 0.3) is 28.1 Å². The maximum Gasteiger partial charge on any atom is 0.338 e. The Morgan fingerprint density at radius 3 is 2.18 bits per heavy atom. The van der Waals surface area contributed by atoms with Crippen molar-refractivity contribution in [1.29, 1.82) is 0 Å². The molecule has 1 heterocycles. The van der Waals surface area contributed by atoms with E-state index in [4.69, 9.17) is 14.5 Å². The van der Waals surface area contributed by atoms with Gasteiger partial charge in [0.1, 0.15) is 17.3 Å². The minimum absolute atomic E-state index is 0.360. The summed E-state index contributed by atoms with van der Waals surface area (Å²) >= 11 is 0. The van der Waals surface area contributed by atoms with Gasteiger partial charge < -0.3 is 9.47 Å². The lowest BCUT2D eigenvalue weighted by atomic mass is 10.1. The van der Waals surface area contributed by atoms with E-state index in [0.717, 1.165) is 33.7 Å². The zero-order chi connectivity index (χ0) is 22.8. The number of aromatic nitrogens is 2. The molecule has 0 unspecified atom stereocenters. The molecule has 5 nitrogen and oxygen atoms in total. The molecule has 0 fully saturated rings. The van der Waals surface area contributed by atoms with Gasteiger partial charge in [0.15, 0.2) is 0 Å². The molecule has 0 bridgehead atoms. The van der Waals surface area contributed by atoms with Crippen LogP contribution < -0.4 is 4.74 Å². The van der Waals surface area contributed by atoms with Gasteiger partial charge in [-0.15, -0.1) is 0 Å². The zero-order valence-electron chi connectivity index (χ0n) is 18.4. The highest BCUT2D eigenvalue weighted by Crippen LogP contribution is 2.32. The molecule has 0 saturated carbocycles. The highest BCUT2D eigenvalue weighted by Gasteiger charge is 2.16. The average Bonchev–Trinajstić information content (AvgIpc) is 3.23. The van der Waals surface area contributed by atoms with Gasteiger partial charge in [-0.25, -0.2) is 9.78 Å². The van der Waals surface area contributed by atoms with E-state index in [1.54, 1.807) is 12.1 Å². The van der Waals surface area contributed by atoms with Crippen LogP contribution in [0.1, 0.15) is 15.9 Å². The third-order valence-electron chi connectivity index (χ3n) is 5.51. The van der Waals surface area contributed by atoms with Gasteiger partial charge in [0.05, 0.1) is 23.7 Å². The maximum atomic E-state index is 11.9. The van der Waals surface area contributed by atoms with Crippen LogP contribution >= 0.6 is 0 Å². The maximum absolute atomic E-state index is 11.9. The van der Waals surface area contributed by atoms with Gasteiger partial charge in [0, 0.05) is 17.3 Å². The molecule has 0 spiro atoms. The minimum atomic E-state index is -0.360. The van der Waals surface area contributed by atoms with Crippen LogP contribution in [-0.2, 0) is 4.74 Å². The summed E-state index contributed by atoms with van der Waals surface area (Å²) in [4.78, 5) is 16.8. The quantitative estimate of drug-likeness (QED) is 0.293. The van der Waals surface area contributed by atoms with Crippen LogP contribution in [0.4, 0.5) is 0 Å². The summed E-state index contributed by atoms with van der Waals surface area (Å²) in [6.07, 6.45) is 0. The van der Waals surface area contributed by atoms with E-state index in [2.05, 4.69) is 28.8 Å². The van der Waals surface area contributed by atoms with E-state index in [1.807, 2.05) is 67.6 Å². The Kier molecular flexibility index (Phi) is 5.37. The average molecular weight is 434 g/mol. The largest absolute Gasteiger partial charge is 0.465 e. The predicted molar refractivity (Wildman–Crippen MR) is 129 cm³/mol. The minimum Gasteiger partial charge on any atom is -0.465 e. The van der Waals surface area contributed by atoms with Crippen molar-refractivity contribution in [3.63, 3.8) is 0 Å². The number of fused-ring (bicyclic) bond motifs is 1. The van der Waals surface area contributed by atoms with E-state index in [-0.39, 0.29) is 5.97 Å². The van der Waals surface area contributed by atoms with Crippen molar-refractivity contribution in [3.05, 3.63) is 108 Å². The molecule has 162 valence electrons. The van der Waals surface area contributed by atoms with Crippen LogP contribution in [0.2, 0.25) is 0 Å². The van der Waals surface area contributed by atoms with Crippen LogP contribution in [-0.4, -0.2) is 22.6 Å². The smallest absolute Gasteiger partial charge is 0.338 e. The van der Waals surface area contributed by atoms with Crippen LogP contribution in [0.3, 0.4) is 0 Å². The summed E-state index contributed by atoms with van der Waals surface area (Å²) in [6, 6.07) is 31.5. The van der Waals surface area contributed by atoms with E-state index >= 15 is 0 Å². The first-order valence-corrected chi connectivity index (χ1v) is 10.6. The van der Waals surface area contributed by atoms with E-state index < -0.39 is 0 Å². The molecule has 0 saturated heterocycles. The number of ether oxygens (including phenoxy) is 2. The fourth-order valence-corrected chi connectivity index (χ4v) is 3.91. The van der Waals surface area contributed by atoms with Crippen LogP contribution in [0.15, 0.2) is 97.1 Å². The van der Waals surface area contributed by atoms with E-state index in [0.29, 0.717) is 17.1 Å². The monoisotopic (exact) mass is 434 g/mol. The second-order valence-corrected chi connectivity index (χ2v) is 7.69. The Morgan fingerprint density at radius 2 is 1.48 bits per heavy atom. The number of imidazole rings is 1. The molecule has 0 amide bonds. The Bertz CT molecular complexity index is 1440. The molecule has 0 radical (unpaired) electrons. The second-order valence-electron chi connectivity index (χ2n) is 7.69. The Hall–Kier alpha value is -4.38. The number of carbonyl (C=O) groups excluding carboxylic acids is 1. The van der Waals surface area contributed by atoms with Crippen LogP contribution in [0.5, 0.6) is 11.5 Å². The summed E-state index contributed by atoms with van der Waals surface area (Å²) < 4.78 is 13.1. The molecule has 0 N–H and O–H groups in total. The highest BCUT2D eigenvalue weighted by molar-refractivity contribution is 5.91. The number of benzene rings is 4. The Morgan fingerprint density at radius 1 is 0.818 bits per heavy atom. The molecule has 4 aromatic carbocycles. The second kappa shape index (κ2) is 8.63. The number of rotatable bonds is 5. The molecule has 0 aliphatic heterocycles. The topological polar surface area (TPSA) is 53.4 Å². The number of hydrogen-bond acceptors (Lipinski definition) is 4. The fraction of sp³-hybridized carbons (Fsp3) is 0.0714. The third-order valence-corrected chi connectivity index (χ3v) is 5.51. The third kappa shape index (κ3) is 3.96. The van der Waals surface area contributed by atoms with Gasteiger partial charge in [-0.05, 0) is 55.0 Å². The summed E-state index contributed by atoms with van der Waals surface area (Å²) in [5, 5.41) is 0. The fourth-order valence-electron chi connectivity index (χ4n) is 3.91. The Labute approximate surface area is 191 Å². The number of hydrogen-bond donors (Lipinski definition) is 0. The van der Waals surface area contributed by atoms with Gasteiger partial charge in [0.25, 0.3) is 0 Å². The van der Waals surface area contributed by atoms with Crippen molar-refractivity contribution in [1.82, 2.24) is 9.55 Å². The van der Waals surface area contributed by atoms with Gasteiger partial charge in [0.2, 0.25) is 0 Å². The van der Waals surface area contributed by atoms with Gasteiger partial charge in [-0.3, -0.25) is 4.57 Å². The molecule has 0 aliphatic carbocycles. The van der Waals surface area contributed by atoms with Crippen molar-refractivity contribution in [2.24, 2.45) is 0 Å². The molecular weight excluding hydrogens is 412 g/mol. The van der Waals surface area contributed by atoms with Crippen LogP contribution in [0, 0.1) is 6.92 Å². The lowest BCUT2D eigenvalue weighted by Crippen LogP contribution is -2.03. The van der Waals surface area contributed by atoms with Gasteiger partial charge >= 0.3 is 5.97 Å². The first kappa shape index (κ1) is 20.5. The number of esters is 1. The number of methoxy groups -OCH3 is 1. The SMILES string of the molecule is COC(=O)c1ccc(Oc2ccc3nc(-c4ccccc4)n(-c4ccccc4)c3c2)cc1C. The van der Waals surface area contributed by atoms with Crippen molar-refractivity contribution in [2.45, 2.75) is 6.92 Å². The standard InChI is InChI=1S/C28H22N2O3/c1-19-17-22(13-15-24(19)28(31)32-2)33-23-14-16-25-26(18-23)30(21-11-7-4-8-12-21)27(29-25)20-9-5-3-6-10-20/h3-18H,1-2H3. The normalized spacial score (nSPS) is 10.8. The molecule has 0 atom stereocenters. The molecule has 1 aromatic heterocycles. The summed E-state index contributed by atoms with van der Waals surface area (Å²) in [6.45, 7) is 1.86. The first-order chi connectivity index (χ1) is 16.1. The van der Waals surface area contributed by atoms with Crippen molar-refractivity contribution in [3.8, 4) is 28.6 Å². The molecule has 5 heteroatoms. The molecule has 33 heavy (non-hydrogen) atoms.